The minimum Gasteiger partial charge on any atom is -0.453 e. The van der Waals surface area contributed by atoms with Gasteiger partial charge in [-0.1, -0.05) is 96.6 Å². The van der Waals surface area contributed by atoms with Crippen LogP contribution in [0.3, 0.4) is 0 Å². The van der Waals surface area contributed by atoms with Crippen LogP contribution in [0, 0.1) is 17.3 Å². The molecule has 0 radical (unpaired) electrons. The predicted molar refractivity (Wildman–Crippen MR) is 225 cm³/mol. The van der Waals surface area contributed by atoms with Crippen molar-refractivity contribution in [3.63, 3.8) is 0 Å². The van der Waals surface area contributed by atoms with Gasteiger partial charge in [0.15, 0.2) is 0 Å². The van der Waals surface area contributed by atoms with Gasteiger partial charge in [-0.15, -0.1) is 0 Å². The number of methoxy groups -OCH3 is 2. The van der Waals surface area contributed by atoms with E-state index in [4.69, 9.17) is 0 Å². The van der Waals surface area contributed by atoms with Crippen LogP contribution in [0.4, 0.5) is 9.59 Å². The lowest BCUT2D eigenvalue weighted by molar-refractivity contribution is -0.147. The van der Waals surface area contributed by atoms with Crippen LogP contribution >= 0.6 is 0 Å². The number of hydrogen-bond acceptors (Lipinski definition) is 10. The Kier molecular flexibility index (Phi) is 17.9. The van der Waals surface area contributed by atoms with Crippen LogP contribution in [0.1, 0.15) is 123 Å². The molecule has 2 saturated carbocycles. The number of carbonyl (C=O) groups is 8. The normalized spacial score (nSPS) is 21.5. The van der Waals surface area contributed by atoms with E-state index >= 15 is 4.79 Å². The van der Waals surface area contributed by atoms with E-state index < -0.39 is 89.2 Å². The Balaban J connectivity index is 1.59. The molecule has 17 heteroatoms. The fraction of sp³-hybridized carbons (Fsp3) is 0.682. The van der Waals surface area contributed by atoms with Crippen molar-refractivity contribution in [2.45, 2.75) is 154 Å². The van der Waals surface area contributed by atoms with E-state index in [1.54, 1.807) is 11.8 Å². The lowest BCUT2D eigenvalue weighted by Crippen LogP contribution is -2.64. The number of carbonyl (C=O) groups excluding carboxylic acids is 8. The molecule has 1 heterocycles. The molecule has 1 aliphatic heterocycles. The number of ether oxygens (including phenoxy) is 2. The Hall–Kier alpha value is -5.22. The minimum atomic E-state index is -1.33. The molecule has 0 aromatic heterocycles. The highest BCUT2D eigenvalue weighted by Gasteiger charge is 2.51. The highest BCUT2D eigenvalue weighted by atomic mass is 16.5. The summed E-state index contributed by atoms with van der Waals surface area (Å²) in [5, 5.41) is 16.2. The molecular weight excluding hydrogens is 787 g/mol. The SMILES string of the molecule is CCCC(NC(=O)[C@@H]1CC2CCCCC2N1C(=O)[C@@H](NC(=O)C(NC(=O)C(CNC(=O)OC)NC(=O)OC)C1CCCCC1)C(C)(C)C)C(=O)C(=O)N[C@@H](C)c1ccccc1. The standard InChI is InChI=1S/C44H67N7O10/c1-8-17-30(35(52)40(56)46-26(2)27-18-11-9-12-19-27)47-38(54)33-24-29-22-15-16-23-32(29)51(33)41(57)36(44(3,4)5)50-39(55)34(28-20-13-10-14-21-28)49-37(53)31(48-43(59)61-7)25-45-42(58)60-6/h9,11-12,18-19,26,28-34,36H,8,10,13-17,20-25H2,1-7H3,(H,45,58)(H,46,56)(H,47,54)(H,48,59)(H,49,53)(H,50,55)/t26-,29?,30?,31?,32?,33-,34?,36+/m0/s1. The molecule has 3 fully saturated rings. The summed E-state index contributed by atoms with van der Waals surface area (Å²) in [6.45, 7) is 8.70. The minimum absolute atomic E-state index is 0.0206. The average molecular weight is 854 g/mol. The highest BCUT2D eigenvalue weighted by molar-refractivity contribution is 6.38. The lowest BCUT2D eigenvalue weighted by Gasteiger charge is -2.40. The fourth-order valence-electron chi connectivity index (χ4n) is 8.90. The average Bonchev–Trinajstić information content (AvgIpc) is 3.65. The zero-order valence-corrected chi connectivity index (χ0v) is 36.8. The monoisotopic (exact) mass is 853 g/mol. The highest BCUT2D eigenvalue weighted by Crippen LogP contribution is 2.41. The number of benzene rings is 1. The maximum atomic E-state index is 15.1. The summed E-state index contributed by atoms with van der Waals surface area (Å²) in [5.74, 6) is -4.21. The van der Waals surface area contributed by atoms with Gasteiger partial charge in [0.25, 0.3) is 5.91 Å². The van der Waals surface area contributed by atoms with Gasteiger partial charge in [0.05, 0.1) is 32.8 Å². The summed E-state index contributed by atoms with van der Waals surface area (Å²) >= 11 is 0. The van der Waals surface area contributed by atoms with Crippen molar-refractivity contribution in [2.24, 2.45) is 17.3 Å². The second-order valence-electron chi connectivity index (χ2n) is 17.7. The fourth-order valence-corrected chi connectivity index (χ4v) is 8.90. The summed E-state index contributed by atoms with van der Waals surface area (Å²) in [5.41, 5.74) is -0.0435. The summed E-state index contributed by atoms with van der Waals surface area (Å²) < 4.78 is 9.30. The Morgan fingerprint density at radius 1 is 0.754 bits per heavy atom. The molecule has 7 amide bonds. The van der Waals surface area contributed by atoms with Crippen molar-refractivity contribution >= 4 is 47.5 Å². The van der Waals surface area contributed by atoms with Crippen LogP contribution in [0.2, 0.25) is 0 Å². The number of nitrogens with zero attached hydrogens (tertiary/aromatic N) is 1. The Labute approximate surface area is 359 Å². The van der Waals surface area contributed by atoms with Gasteiger partial charge >= 0.3 is 12.2 Å². The van der Waals surface area contributed by atoms with Gasteiger partial charge in [-0.2, -0.15) is 0 Å². The molecule has 8 atom stereocenters. The maximum absolute atomic E-state index is 15.1. The van der Waals surface area contributed by atoms with Gasteiger partial charge in [-0.25, -0.2) is 9.59 Å². The van der Waals surface area contributed by atoms with Crippen molar-refractivity contribution in [2.75, 3.05) is 20.8 Å². The van der Waals surface area contributed by atoms with Crippen LogP contribution in [0.25, 0.3) is 0 Å². The smallest absolute Gasteiger partial charge is 0.407 e. The van der Waals surface area contributed by atoms with Crippen LogP contribution in [-0.2, 0) is 38.2 Å². The molecule has 0 bridgehead atoms. The Morgan fingerprint density at radius 3 is 2.02 bits per heavy atom. The molecule has 5 unspecified atom stereocenters. The molecule has 17 nitrogen and oxygen atoms in total. The largest absolute Gasteiger partial charge is 0.453 e. The molecule has 1 aromatic carbocycles. The van der Waals surface area contributed by atoms with Gasteiger partial charge in [0, 0.05) is 6.04 Å². The quantitative estimate of drug-likeness (QED) is 0.125. The molecule has 1 aromatic rings. The van der Waals surface area contributed by atoms with E-state index in [1.807, 2.05) is 58.0 Å². The van der Waals surface area contributed by atoms with Crippen molar-refractivity contribution in [1.29, 1.82) is 0 Å². The van der Waals surface area contributed by atoms with Crippen LogP contribution < -0.4 is 31.9 Å². The second-order valence-corrected chi connectivity index (χ2v) is 17.7. The third kappa shape index (κ3) is 13.1. The zero-order valence-electron chi connectivity index (χ0n) is 36.8. The molecular formula is C44H67N7O10. The molecule has 0 spiro atoms. The molecule has 61 heavy (non-hydrogen) atoms. The van der Waals surface area contributed by atoms with Crippen LogP contribution in [0.15, 0.2) is 30.3 Å². The first-order valence-electron chi connectivity index (χ1n) is 21.8. The molecule has 4 rings (SSSR count). The van der Waals surface area contributed by atoms with E-state index in [9.17, 15) is 33.6 Å². The lowest BCUT2D eigenvalue weighted by atomic mass is 9.81. The molecule has 338 valence electrons. The number of fused-ring (bicyclic) bond motifs is 1. The molecule has 6 N–H and O–H groups in total. The number of ketones is 1. The van der Waals surface area contributed by atoms with E-state index in [1.165, 1.54) is 0 Å². The van der Waals surface area contributed by atoms with Gasteiger partial charge in [0.2, 0.25) is 29.4 Å². The van der Waals surface area contributed by atoms with E-state index in [2.05, 4.69) is 41.4 Å². The van der Waals surface area contributed by atoms with Crippen molar-refractivity contribution in [1.82, 2.24) is 36.8 Å². The first kappa shape index (κ1) is 48.4. The Morgan fingerprint density at radius 2 is 1.39 bits per heavy atom. The number of hydrogen-bond donors (Lipinski definition) is 6. The third-order valence-electron chi connectivity index (χ3n) is 12.3. The third-order valence-corrected chi connectivity index (χ3v) is 12.3. The summed E-state index contributed by atoms with van der Waals surface area (Å²) in [6, 6.07) is 2.85. The number of Topliss-reactive ketones (excluding diaryl/α,β-unsaturated/α-hetero) is 1. The maximum Gasteiger partial charge on any atom is 0.407 e. The van der Waals surface area contributed by atoms with Gasteiger partial charge in [-0.3, -0.25) is 28.8 Å². The number of amides is 7. The van der Waals surface area contributed by atoms with Gasteiger partial charge in [-0.05, 0) is 68.3 Å². The second kappa shape index (κ2) is 22.6. The van der Waals surface area contributed by atoms with E-state index in [0.29, 0.717) is 32.1 Å². The van der Waals surface area contributed by atoms with Gasteiger partial charge in [0.1, 0.15) is 24.2 Å². The number of alkyl carbamates (subject to hydrolysis) is 2. The first-order chi connectivity index (χ1) is 29.0. The molecule has 1 saturated heterocycles. The van der Waals surface area contributed by atoms with Crippen LogP contribution in [0.5, 0.6) is 0 Å². The van der Waals surface area contributed by atoms with Crippen molar-refractivity contribution in [3.8, 4) is 0 Å². The van der Waals surface area contributed by atoms with E-state index in [0.717, 1.165) is 58.3 Å². The number of likely N-dealkylation sites (tertiary alicyclic amines) is 1. The topological polar surface area (TPSA) is 230 Å². The van der Waals surface area contributed by atoms with Crippen molar-refractivity contribution < 1.29 is 47.8 Å². The predicted octanol–water partition coefficient (Wildman–Crippen LogP) is 3.55. The zero-order chi connectivity index (χ0) is 44.9. The van der Waals surface area contributed by atoms with E-state index in [-0.39, 0.29) is 30.8 Å². The first-order valence-corrected chi connectivity index (χ1v) is 21.8. The summed E-state index contributed by atoms with van der Waals surface area (Å²) in [4.78, 5) is 110. The van der Waals surface area contributed by atoms with Crippen LogP contribution in [-0.4, -0.2) is 109 Å². The van der Waals surface area contributed by atoms with Gasteiger partial charge < -0.3 is 46.3 Å². The Bertz CT molecular complexity index is 1710. The van der Waals surface area contributed by atoms with Crippen molar-refractivity contribution in [3.05, 3.63) is 35.9 Å². The summed E-state index contributed by atoms with van der Waals surface area (Å²) in [7, 11) is 2.28. The molecule has 3 aliphatic rings. The number of nitrogens with one attached hydrogen (secondary N) is 6. The molecule has 2 aliphatic carbocycles. The summed E-state index contributed by atoms with van der Waals surface area (Å²) in [6.07, 6.45) is 6.45. The number of rotatable bonds is 17.